The van der Waals surface area contributed by atoms with E-state index in [1.165, 1.54) is 13.2 Å². The van der Waals surface area contributed by atoms with Crippen LogP contribution in [0.5, 0.6) is 11.5 Å². The van der Waals surface area contributed by atoms with Crippen molar-refractivity contribution in [3.05, 3.63) is 65.7 Å². The van der Waals surface area contributed by atoms with Gasteiger partial charge in [-0.25, -0.2) is 4.79 Å². The van der Waals surface area contributed by atoms with E-state index in [0.717, 1.165) is 11.6 Å². The Hall–Kier alpha value is -2.79. The van der Waals surface area contributed by atoms with Gasteiger partial charge in [-0.3, -0.25) is 0 Å². The molecule has 2 aromatic rings. The van der Waals surface area contributed by atoms with Crippen LogP contribution in [-0.2, 0) is 16.1 Å². The van der Waals surface area contributed by atoms with Gasteiger partial charge < -0.3 is 19.3 Å². The zero-order valence-corrected chi connectivity index (χ0v) is 12.8. The van der Waals surface area contributed by atoms with Crippen LogP contribution in [0.4, 0.5) is 0 Å². The molecular formula is C18H18O5. The zero-order valence-electron chi connectivity index (χ0n) is 12.8. The highest BCUT2D eigenvalue weighted by atomic mass is 16.7. The van der Waals surface area contributed by atoms with Crippen LogP contribution in [0.15, 0.2) is 54.6 Å². The van der Waals surface area contributed by atoms with Crippen LogP contribution < -0.4 is 9.47 Å². The van der Waals surface area contributed by atoms with Crippen molar-refractivity contribution in [2.24, 2.45) is 0 Å². The van der Waals surface area contributed by atoms with Gasteiger partial charge in [0.2, 0.25) is 0 Å². The maximum absolute atomic E-state index is 10.6. The van der Waals surface area contributed by atoms with E-state index in [2.05, 4.69) is 0 Å². The molecule has 0 heterocycles. The molecule has 0 spiro atoms. The number of carbonyl (C=O) groups is 1. The maximum Gasteiger partial charge on any atom is 0.328 e. The zero-order chi connectivity index (χ0) is 16.5. The van der Waals surface area contributed by atoms with E-state index < -0.39 is 5.97 Å². The van der Waals surface area contributed by atoms with Crippen molar-refractivity contribution >= 4 is 12.0 Å². The van der Waals surface area contributed by atoms with Crippen LogP contribution in [0.3, 0.4) is 0 Å². The van der Waals surface area contributed by atoms with Crippen molar-refractivity contribution < 1.29 is 24.1 Å². The molecule has 0 aliphatic rings. The molecule has 2 rings (SSSR count). The van der Waals surface area contributed by atoms with Gasteiger partial charge in [-0.05, 0) is 29.3 Å². The van der Waals surface area contributed by atoms with E-state index in [9.17, 15) is 4.79 Å². The Balaban J connectivity index is 2.17. The molecule has 5 heteroatoms. The summed E-state index contributed by atoms with van der Waals surface area (Å²) in [5.41, 5.74) is 1.73. The molecule has 0 amide bonds. The fraction of sp³-hybridized carbons (Fsp3) is 0.167. The summed E-state index contributed by atoms with van der Waals surface area (Å²) in [5, 5.41) is 8.71. The maximum atomic E-state index is 10.6. The molecule has 0 atom stereocenters. The van der Waals surface area contributed by atoms with Crippen molar-refractivity contribution in [1.82, 2.24) is 0 Å². The Kier molecular flexibility index (Phi) is 6.20. The largest absolute Gasteiger partial charge is 0.485 e. The summed E-state index contributed by atoms with van der Waals surface area (Å²) in [5.74, 6) is 0.0603. The first kappa shape index (κ1) is 16.6. The van der Waals surface area contributed by atoms with Crippen LogP contribution in [-0.4, -0.2) is 25.0 Å². The monoisotopic (exact) mass is 314 g/mol. The molecule has 0 unspecified atom stereocenters. The highest BCUT2D eigenvalue weighted by Crippen LogP contribution is 2.29. The first-order chi connectivity index (χ1) is 11.2. The van der Waals surface area contributed by atoms with Gasteiger partial charge in [0.1, 0.15) is 6.61 Å². The van der Waals surface area contributed by atoms with E-state index in [1.54, 1.807) is 18.2 Å². The minimum Gasteiger partial charge on any atom is -0.485 e. The molecule has 0 fully saturated rings. The third-order valence-corrected chi connectivity index (χ3v) is 2.96. The first-order valence-corrected chi connectivity index (χ1v) is 7.02. The number of methoxy groups -OCH3 is 1. The number of ether oxygens (including phenoxy) is 3. The van der Waals surface area contributed by atoms with Crippen molar-refractivity contribution in [2.45, 2.75) is 6.61 Å². The third kappa shape index (κ3) is 5.48. The van der Waals surface area contributed by atoms with E-state index in [-0.39, 0.29) is 6.79 Å². The van der Waals surface area contributed by atoms with Crippen molar-refractivity contribution in [3.8, 4) is 11.5 Å². The average molecular weight is 314 g/mol. The smallest absolute Gasteiger partial charge is 0.328 e. The molecule has 0 aliphatic heterocycles. The lowest BCUT2D eigenvalue weighted by atomic mass is 10.2. The second-order valence-electron chi connectivity index (χ2n) is 4.70. The van der Waals surface area contributed by atoms with Gasteiger partial charge >= 0.3 is 5.97 Å². The summed E-state index contributed by atoms with van der Waals surface area (Å²) in [6.45, 7) is 0.488. The quantitative estimate of drug-likeness (QED) is 0.598. The van der Waals surface area contributed by atoms with Gasteiger partial charge in [0.05, 0.1) is 0 Å². The topological polar surface area (TPSA) is 65.0 Å². The van der Waals surface area contributed by atoms with Crippen LogP contribution in [0, 0.1) is 0 Å². The minimum atomic E-state index is -1.00. The molecule has 0 saturated heterocycles. The van der Waals surface area contributed by atoms with E-state index in [1.807, 2.05) is 30.3 Å². The second kappa shape index (κ2) is 8.60. The fourth-order valence-electron chi connectivity index (χ4n) is 1.89. The standard InChI is InChI=1S/C18H18O5/c1-21-13-23-16-9-7-14(8-10-18(19)20)11-17(16)22-12-15-5-3-2-4-6-15/h2-11H,12-13H2,1H3,(H,19,20)/b10-8+. The molecule has 0 aromatic heterocycles. The van der Waals surface area contributed by atoms with Crippen LogP contribution in [0.1, 0.15) is 11.1 Å². The Morgan fingerprint density at radius 3 is 2.57 bits per heavy atom. The number of benzene rings is 2. The van der Waals surface area contributed by atoms with Crippen LogP contribution in [0.2, 0.25) is 0 Å². The molecule has 120 valence electrons. The molecule has 1 N–H and O–H groups in total. The van der Waals surface area contributed by atoms with Gasteiger partial charge in [0, 0.05) is 13.2 Å². The Labute approximate surface area is 134 Å². The Bertz CT molecular complexity index is 664. The third-order valence-electron chi connectivity index (χ3n) is 2.96. The SMILES string of the molecule is COCOc1ccc(/C=C/C(=O)O)cc1OCc1ccccc1. The molecule has 5 nitrogen and oxygen atoms in total. The Morgan fingerprint density at radius 2 is 1.87 bits per heavy atom. The fourth-order valence-corrected chi connectivity index (χ4v) is 1.89. The van der Waals surface area contributed by atoms with Crippen LogP contribution in [0.25, 0.3) is 6.08 Å². The van der Waals surface area contributed by atoms with Gasteiger partial charge in [-0.15, -0.1) is 0 Å². The summed E-state index contributed by atoms with van der Waals surface area (Å²) in [6.07, 6.45) is 2.57. The van der Waals surface area contributed by atoms with Gasteiger partial charge in [-0.1, -0.05) is 36.4 Å². The normalized spacial score (nSPS) is 10.7. The summed E-state index contributed by atoms with van der Waals surface area (Å²) in [6, 6.07) is 14.9. The average Bonchev–Trinajstić information content (AvgIpc) is 2.58. The summed E-state index contributed by atoms with van der Waals surface area (Å²) >= 11 is 0. The van der Waals surface area contributed by atoms with E-state index >= 15 is 0 Å². The first-order valence-electron chi connectivity index (χ1n) is 7.02. The van der Waals surface area contributed by atoms with Crippen molar-refractivity contribution in [1.29, 1.82) is 0 Å². The lowest BCUT2D eigenvalue weighted by Crippen LogP contribution is -2.03. The number of hydrogen-bond donors (Lipinski definition) is 1. The summed E-state index contributed by atoms with van der Waals surface area (Å²) in [4.78, 5) is 10.6. The lowest BCUT2D eigenvalue weighted by Gasteiger charge is -2.13. The molecule has 0 bridgehead atoms. The highest BCUT2D eigenvalue weighted by molar-refractivity contribution is 5.85. The lowest BCUT2D eigenvalue weighted by molar-refractivity contribution is -0.131. The Morgan fingerprint density at radius 1 is 1.09 bits per heavy atom. The molecule has 2 aromatic carbocycles. The number of aliphatic carboxylic acids is 1. The molecular weight excluding hydrogens is 296 g/mol. The predicted octanol–water partition coefficient (Wildman–Crippen LogP) is 3.35. The van der Waals surface area contributed by atoms with E-state index in [0.29, 0.717) is 23.7 Å². The molecule has 0 radical (unpaired) electrons. The minimum absolute atomic E-state index is 0.103. The molecule has 0 saturated carbocycles. The summed E-state index contributed by atoms with van der Waals surface area (Å²) in [7, 11) is 1.54. The second-order valence-corrected chi connectivity index (χ2v) is 4.70. The molecule has 23 heavy (non-hydrogen) atoms. The van der Waals surface area contributed by atoms with Crippen molar-refractivity contribution in [3.63, 3.8) is 0 Å². The van der Waals surface area contributed by atoms with E-state index in [4.69, 9.17) is 19.3 Å². The summed E-state index contributed by atoms with van der Waals surface area (Å²) < 4.78 is 16.2. The number of rotatable bonds is 8. The molecule has 0 aliphatic carbocycles. The van der Waals surface area contributed by atoms with Gasteiger partial charge in [-0.2, -0.15) is 0 Å². The van der Waals surface area contributed by atoms with Crippen LogP contribution >= 0.6 is 0 Å². The van der Waals surface area contributed by atoms with Gasteiger partial charge in [0.25, 0.3) is 0 Å². The number of hydrogen-bond acceptors (Lipinski definition) is 4. The van der Waals surface area contributed by atoms with Gasteiger partial charge in [0.15, 0.2) is 18.3 Å². The number of carboxylic acid groups (broad SMARTS) is 1. The van der Waals surface area contributed by atoms with Crippen molar-refractivity contribution in [2.75, 3.05) is 13.9 Å². The predicted molar refractivity (Wildman–Crippen MR) is 86.4 cm³/mol. The highest BCUT2D eigenvalue weighted by Gasteiger charge is 2.07. The number of carboxylic acids is 1.